The molecule has 3 nitrogen and oxygen atoms in total. The van der Waals surface area contributed by atoms with Crippen LogP contribution < -0.4 is 5.73 Å². The molecule has 1 aromatic carbocycles. The Labute approximate surface area is 103 Å². The van der Waals surface area contributed by atoms with E-state index in [1.807, 2.05) is 25.1 Å². The molecule has 0 saturated carbocycles. The summed E-state index contributed by atoms with van der Waals surface area (Å²) in [6.45, 7) is 2.42. The SMILES string of the molecule is Cc1cccc(C2(CN)CCCS(=O)(=O)C2)c1. The summed E-state index contributed by atoms with van der Waals surface area (Å²) < 4.78 is 23.7. The Morgan fingerprint density at radius 1 is 1.41 bits per heavy atom. The number of aryl methyl sites for hydroxylation is 1. The van der Waals surface area contributed by atoms with Gasteiger partial charge in [-0.25, -0.2) is 8.42 Å². The molecule has 2 rings (SSSR count). The Bertz CT molecular complexity index is 510. The van der Waals surface area contributed by atoms with Gasteiger partial charge in [0.1, 0.15) is 0 Å². The minimum atomic E-state index is -2.94. The predicted molar refractivity (Wildman–Crippen MR) is 69.8 cm³/mol. The molecule has 0 spiro atoms. The molecule has 94 valence electrons. The van der Waals surface area contributed by atoms with Crippen LogP contribution in [0.4, 0.5) is 0 Å². The summed E-state index contributed by atoms with van der Waals surface area (Å²) in [6.07, 6.45) is 1.58. The van der Waals surface area contributed by atoms with Gasteiger partial charge < -0.3 is 5.73 Å². The lowest BCUT2D eigenvalue weighted by Crippen LogP contribution is -2.45. The van der Waals surface area contributed by atoms with Crippen LogP contribution in [-0.2, 0) is 15.3 Å². The number of sulfone groups is 1. The molecular weight excluding hydrogens is 234 g/mol. The first kappa shape index (κ1) is 12.6. The van der Waals surface area contributed by atoms with Gasteiger partial charge in [0, 0.05) is 12.0 Å². The minimum absolute atomic E-state index is 0.194. The van der Waals surface area contributed by atoms with E-state index in [1.54, 1.807) is 0 Å². The van der Waals surface area contributed by atoms with Crippen molar-refractivity contribution in [1.82, 2.24) is 0 Å². The first-order chi connectivity index (χ1) is 7.97. The van der Waals surface area contributed by atoms with Gasteiger partial charge in [-0.15, -0.1) is 0 Å². The number of hydrogen-bond acceptors (Lipinski definition) is 3. The summed E-state index contributed by atoms with van der Waals surface area (Å²) in [4.78, 5) is 0. The van der Waals surface area contributed by atoms with Gasteiger partial charge in [0.2, 0.25) is 0 Å². The third-order valence-electron chi connectivity index (χ3n) is 3.63. The van der Waals surface area contributed by atoms with Gasteiger partial charge in [-0.3, -0.25) is 0 Å². The Kier molecular flexibility index (Phi) is 3.27. The molecule has 2 N–H and O–H groups in total. The van der Waals surface area contributed by atoms with Crippen LogP contribution in [0.25, 0.3) is 0 Å². The van der Waals surface area contributed by atoms with Crippen molar-refractivity contribution >= 4 is 9.84 Å². The molecule has 1 unspecified atom stereocenters. The minimum Gasteiger partial charge on any atom is -0.330 e. The van der Waals surface area contributed by atoms with Crippen molar-refractivity contribution in [1.29, 1.82) is 0 Å². The summed E-state index contributed by atoms with van der Waals surface area (Å²) in [5.74, 6) is 0.501. The highest BCUT2D eigenvalue weighted by molar-refractivity contribution is 7.91. The largest absolute Gasteiger partial charge is 0.330 e. The summed E-state index contributed by atoms with van der Waals surface area (Å²) in [5.41, 5.74) is 7.73. The summed E-state index contributed by atoms with van der Waals surface area (Å²) in [5, 5.41) is 0. The van der Waals surface area contributed by atoms with E-state index < -0.39 is 9.84 Å². The lowest BCUT2D eigenvalue weighted by atomic mass is 9.78. The number of hydrogen-bond donors (Lipinski definition) is 1. The van der Waals surface area contributed by atoms with Crippen LogP contribution in [0, 0.1) is 6.92 Å². The van der Waals surface area contributed by atoms with Gasteiger partial charge in [-0.2, -0.15) is 0 Å². The molecule has 1 saturated heterocycles. The second-order valence-corrected chi connectivity index (χ2v) is 7.23. The fraction of sp³-hybridized carbons (Fsp3) is 0.538. The zero-order valence-corrected chi connectivity index (χ0v) is 11.0. The zero-order chi connectivity index (χ0) is 12.5. The highest BCUT2D eigenvalue weighted by Crippen LogP contribution is 2.34. The molecule has 1 heterocycles. The second-order valence-electron chi connectivity index (χ2n) is 5.05. The molecule has 1 atom stereocenters. The highest BCUT2D eigenvalue weighted by atomic mass is 32.2. The third-order valence-corrected chi connectivity index (χ3v) is 5.53. The third kappa shape index (κ3) is 2.53. The fourth-order valence-electron chi connectivity index (χ4n) is 2.68. The normalized spacial score (nSPS) is 27.9. The quantitative estimate of drug-likeness (QED) is 0.866. The first-order valence-electron chi connectivity index (χ1n) is 5.95. The van der Waals surface area contributed by atoms with E-state index in [1.165, 1.54) is 0 Å². The van der Waals surface area contributed by atoms with Gasteiger partial charge in [0.25, 0.3) is 0 Å². The molecule has 1 aliphatic rings. The van der Waals surface area contributed by atoms with Crippen LogP contribution >= 0.6 is 0 Å². The van der Waals surface area contributed by atoms with Gasteiger partial charge in [-0.1, -0.05) is 29.8 Å². The standard InChI is InChI=1S/C13H19NO2S/c1-11-4-2-5-12(8-11)13(9-14)6-3-7-17(15,16)10-13/h2,4-5,8H,3,6-7,9-10,14H2,1H3. The van der Waals surface area contributed by atoms with E-state index in [2.05, 4.69) is 6.07 Å². The average Bonchev–Trinajstić information content (AvgIpc) is 2.27. The molecule has 0 aliphatic carbocycles. The number of nitrogens with two attached hydrogens (primary N) is 1. The molecule has 0 radical (unpaired) electrons. The topological polar surface area (TPSA) is 60.2 Å². The molecule has 0 bridgehead atoms. The Hall–Kier alpha value is -0.870. The van der Waals surface area contributed by atoms with Gasteiger partial charge >= 0.3 is 0 Å². The summed E-state index contributed by atoms with van der Waals surface area (Å²) >= 11 is 0. The Morgan fingerprint density at radius 2 is 2.18 bits per heavy atom. The molecular formula is C13H19NO2S. The van der Waals surface area contributed by atoms with Crippen LogP contribution in [0.2, 0.25) is 0 Å². The van der Waals surface area contributed by atoms with Crippen LogP contribution in [0.5, 0.6) is 0 Å². The van der Waals surface area contributed by atoms with E-state index in [0.29, 0.717) is 18.7 Å². The fourth-order valence-corrected chi connectivity index (χ4v) is 4.68. The predicted octanol–water partition coefficient (Wildman–Crippen LogP) is 1.40. The Morgan fingerprint density at radius 3 is 2.76 bits per heavy atom. The molecule has 0 aromatic heterocycles. The second kappa shape index (κ2) is 4.42. The van der Waals surface area contributed by atoms with Crippen LogP contribution in [0.1, 0.15) is 24.0 Å². The maximum atomic E-state index is 11.8. The molecule has 4 heteroatoms. The van der Waals surface area contributed by atoms with E-state index in [0.717, 1.165) is 17.5 Å². The van der Waals surface area contributed by atoms with Crippen molar-refractivity contribution in [2.75, 3.05) is 18.1 Å². The molecule has 0 amide bonds. The van der Waals surface area contributed by atoms with Gasteiger partial charge in [-0.05, 0) is 25.3 Å². The van der Waals surface area contributed by atoms with E-state index in [-0.39, 0.29) is 11.2 Å². The van der Waals surface area contributed by atoms with Crippen LogP contribution in [-0.4, -0.2) is 26.5 Å². The summed E-state index contributed by atoms with van der Waals surface area (Å²) in [7, 11) is -2.94. The van der Waals surface area contributed by atoms with E-state index in [4.69, 9.17) is 5.73 Å². The Balaban J connectivity index is 2.44. The molecule has 1 aliphatic heterocycles. The number of benzene rings is 1. The van der Waals surface area contributed by atoms with Crippen molar-refractivity contribution in [2.24, 2.45) is 5.73 Å². The van der Waals surface area contributed by atoms with Gasteiger partial charge in [0.05, 0.1) is 11.5 Å². The van der Waals surface area contributed by atoms with Crippen LogP contribution in [0.3, 0.4) is 0 Å². The van der Waals surface area contributed by atoms with Crippen molar-refractivity contribution in [3.63, 3.8) is 0 Å². The van der Waals surface area contributed by atoms with E-state index in [9.17, 15) is 8.42 Å². The zero-order valence-electron chi connectivity index (χ0n) is 10.1. The molecule has 1 fully saturated rings. The highest BCUT2D eigenvalue weighted by Gasteiger charge is 2.39. The van der Waals surface area contributed by atoms with Crippen molar-refractivity contribution in [2.45, 2.75) is 25.2 Å². The lowest BCUT2D eigenvalue weighted by Gasteiger charge is -2.36. The van der Waals surface area contributed by atoms with Crippen molar-refractivity contribution < 1.29 is 8.42 Å². The monoisotopic (exact) mass is 253 g/mol. The first-order valence-corrected chi connectivity index (χ1v) is 7.77. The van der Waals surface area contributed by atoms with Crippen molar-refractivity contribution in [3.8, 4) is 0 Å². The summed E-state index contributed by atoms with van der Waals surface area (Å²) in [6, 6.07) is 8.06. The van der Waals surface area contributed by atoms with Crippen molar-refractivity contribution in [3.05, 3.63) is 35.4 Å². The number of rotatable bonds is 2. The average molecular weight is 253 g/mol. The maximum Gasteiger partial charge on any atom is 0.151 e. The van der Waals surface area contributed by atoms with Crippen LogP contribution in [0.15, 0.2) is 24.3 Å². The van der Waals surface area contributed by atoms with E-state index >= 15 is 0 Å². The molecule has 17 heavy (non-hydrogen) atoms. The lowest BCUT2D eigenvalue weighted by molar-refractivity contribution is 0.418. The maximum absolute atomic E-state index is 11.8. The van der Waals surface area contributed by atoms with Gasteiger partial charge in [0.15, 0.2) is 9.84 Å². The molecule has 1 aromatic rings. The smallest absolute Gasteiger partial charge is 0.151 e.